The highest BCUT2D eigenvalue weighted by Gasteiger charge is 2.32. The van der Waals surface area contributed by atoms with Crippen molar-refractivity contribution in [3.05, 3.63) is 70.4 Å². The average molecular weight is 529 g/mol. The molecule has 0 aliphatic carbocycles. The van der Waals surface area contributed by atoms with Gasteiger partial charge in [0, 0.05) is 23.8 Å². The molecule has 1 atom stereocenters. The SMILES string of the molecule is O=S1(=O)CCCc2nc(N3CCC(c4ccc(Cl)cc4)CC3)nc(Nc3ccc(C(O)CO)cc3)c21. The summed E-state index contributed by atoms with van der Waals surface area (Å²) in [5, 5.41) is 22.9. The smallest absolute Gasteiger partial charge is 0.227 e. The number of anilines is 3. The van der Waals surface area contributed by atoms with Crippen molar-refractivity contribution in [1.29, 1.82) is 0 Å². The normalized spacial score (nSPS) is 18.5. The van der Waals surface area contributed by atoms with Crippen molar-refractivity contribution < 1.29 is 18.6 Å². The summed E-state index contributed by atoms with van der Waals surface area (Å²) in [6, 6.07) is 14.8. The molecule has 2 aliphatic rings. The van der Waals surface area contributed by atoms with Crippen molar-refractivity contribution in [1.82, 2.24) is 9.97 Å². The van der Waals surface area contributed by atoms with E-state index in [9.17, 15) is 13.5 Å². The van der Waals surface area contributed by atoms with Gasteiger partial charge in [-0.2, -0.15) is 4.98 Å². The molecule has 3 heterocycles. The van der Waals surface area contributed by atoms with Crippen LogP contribution in [-0.4, -0.2) is 54.0 Å². The molecule has 190 valence electrons. The fraction of sp³-hybridized carbons (Fsp3) is 0.385. The summed E-state index contributed by atoms with van der Waals surface area (Å²) in [7, 11) is -3.50. The second-order valence-electron chi connectivity index (χ2n) is 9.33. The van der Waals surface area contributed by atoms with Crippen LogP contribution in [0.4, 0.5) is 17.5 Å². The molecule has 10 heteroatoms. The van der Waals surface area contributed by atoms with E-state index < -0.39 is 15.9 Å². The molecule has 2 aliphatic heterocycles. The Kier molecular flexibility index (Phi) is 7.16. The van der Waals surface area contributed by atoms with E-state index in [1.807, 2.05) is 12.1 Å². The maximum Gasteiger partial charge on any atom is 0.227 e. The van der Waals surface area contributed by atoms with Gasteiger partial charge in [0.2, 0.25) is 5.95 Å². The first kappa shape index (κ1) is 25.0. The zero-order valence-electron chi connectivity index (χ0n) is 19.8. The van der Waals surface area contributed by atoms with Gasteiger partial charge in [0.1, 0.15) is 11.0 Å². The third-order valence-corrected chi connectivity index (χ3v) is 9.04. The number of fused-ring (bicyclic) bond motifs is 1. The van der Waals surface area contributed by atoms with Gasteiger partial charge in [-0.25, -0.2) is 13.4 Å². The highest BCUT2D eigenvalue weighted by molar-refractivity contribution is 7.91. The van der Waals surface area contributed by atoms with Gasteiger partial charge in [-0.1, -0.05) is 35.9 Å². The lowest BCUT2D eigenvalue weighted by Crippen LogP contribution is -2.35. The van der Waals surface area contributed by atoms with E-state index in [1.54, 1.807) is 24.3 Å². The van der Waals surface area contributed by atoms with Gasteiger partial charge in [-0.05, 0) is 67.0 Å². The van der Waals surface area contributed by atoms with Crippen LogP contribution in [0.5, 0.6) is 0 Å². The number of sulfone groups is 1. The minimum atomic E-state index is -3.50. The first-order chi connectivity index (χ1) is 17.3. The van der Waals surface area contributed by atoms with Crippen molar-refractivity contribution in [2.75, 3.05) is 35.7 Å². The van der Waals surface area contributed by atoms with E-state index in [4.69, 9.17) is 26.7 Å². The largest absolute Gasteiger partial charge is 0.393 e. The van der Waals surface area contributed by atoms with Gasteiger partial charge >= 0.3 is 0 Å². The van der Waals surface area contributed by atoms with Crippen LogP contribution >= 0.6 is 11.6 Å². The lowest BCUT2D eigenvalue weighted by Gasteiger charge is -2.33. The Balaban J connectivity index is 1.41. The quantitative estimate of drug-likeness (QED) is 0.439. The molecular formula is C26H29ClN4O4S. The number of hydrogen-bond donors (Lipinski definition) is 3. The molecule has 3 N–H and O–H groups in total. The van der Waals surface area contributed by atoms with Crippen LogP contribution in [-0.2, 0) is 16.3 Å². The lowest BCUT2D eigenvalue weighted by molar-refractivity contribution is 0.0956. The maximum atomic E-state index is 13.0. The number of aliphatic hydroxyl groups excluding tert-OH is 2. The molecule has 1 unspecified atom stereocenters. The van der Waals surface area contributed by atoms with E-state index in [1.165, 1.54) is 5.56 Å². The van der Waals surface area contributed by atoms with Crippen LogP contribution in [0.15, 0.2) is 53.4 Å². The van der Waals surface area contributed by atoms with Crippen LogP contribution in [0.3, 0.4) is 0 Å². The third kappa shape index (κ3) is 5.20. The van der Waals surface area contributed by atoms with Crippen LogP contribution < -0.4 is 10.2 Å². The minimum absolute atomic E-state index is 0.0749. The number of rotatable bonds is 6. The van der Waals surface area contributed by atoms with E-state index in [-0.39, 0.29) is 23.1 Å². The molecule has 36 heavy (non-hydrogen) atoms. The average Bonchev–Trinajstić information content (AvgIpc) is 2.88. The maximum absolute atomic E-state index is 13.0. The standard InChI is InChI=1S/C26H29ClN4O4S/c27-20-7-3-17(4-8-20)18-11-13-31(14-12-18)26-29-22-2-1-15-36(34,35)24(22)25(30-26)28-21-9-5-19(6-10-21)23(33)16-32/h3-10,18,23,32-33H,1-2,11-16H2,(H,28,29,30). The van der Waals surface area contributed by atoms with Crippen molar-refractivity contribution >= 4 is 38.9 Å². The van der Waals surface area contributed by atoms with Gasteiger partial charge in [0.15, 0.2) is 15.7 Å². The number of nitrogens with one attached hydrogen (secondary N) is 1. The Bertz CT molecular complexity index is 1330. The molecule has 0 bridgehead atoms. The molecule has 8 nitrogen and oxygen atoms in total. The molecule has 0 amide bonds. The van der Waals surface area contributed by atoms with Crippen molar-refractivity contribution in [2.45, 2.75) is 42.6 Å². The Morgan fingerprint density at radius 3 is 2.42 bits per heavy atom. The molecule has 2 aromatic carbocycles. The van der Waals surface area contributed by atoms with Crippen LogP contribution in [0.1, 0.15) is 48.1 Å². The van der Waals surface area contributed by atoms with Crippen LogP contribution in [0, 0.1) is 0 Å². The number of halogens is 1. The Morgan fingerprint density at radius 2 is 1.75 bits per heavy atom. The topological polar surface area (TPSA) is 116 Å². The number of aliphatic hydroxyl groups is 2. The summed E-state index contributed by atoms with van der Waals surface area (Å²) in [5.74, 6) is 1.33. The summed E-state index contributed by atoms with van der Waals surface area (Å²) in [6.07, 6.45) is 2.04. The summed E-state index contributed by atoms with van der Waals surface area (Å²) in [6.45, 7) is 1.17. The lowest BCUT2D eigenvalue weighted by atomic mass is 9.89. The molecule has 0 spiro atoms. The Hall–Kier alpha value is -2.72. The zero-order valence-corrected chi connectivity index (χ0v) is 21.3. The van der Waals surface area contributed by atoms with Crippen molar-refractivity contribution in [3.8, 4) is 0 Å². The number of aryl methyl sites for hydroxylation is 1. The number of nitrogens with zero attached hydrogens (tertiary/aromatic N) is 3. The van der Waals surface area contributed by atoms with E-state index in [0.29, 0.717) is 41.7 Å². The molecular weight excluding hydrogens is 500 g/mol. The second kappa shape index (κ2) is 10.3. The number of piperidine rings is 1. The zero-order chi connectivity index (χ0) is 25.3. The Morgan fingerprint density at radius 1 is 1.06 bits per heavy atom. The highest BCUT2D eigenvalue weighted by Crippen LogP contribution is 2.35. The van der Waals surface area contributed by atoms with Crippen molar-refractivity contribution in [2.24, 2.45) is 0 Å². The monoisotopic (exact) mass is 528 g/mol. The molecule has 0 radical (unpaired) electrons. The first-order valence-electron chi connectivity index (χ1n) is 12.1. The summed E-state index contributed by atoms with van der Waals surface area (Å²) in [4.78, 5) is 11.7. The highest BCUT2D eigenvalue weighted by atomic mass is 35.5. The first-order valence-corrected chi connectivity index (χ1v) is 14.2. The fourth-order valence-electron chi connectivity index (χ4n) is 4.92. The van der Waals surface area contributed by atoms with Gasteiger partial charge in [-0.3, -0.25) is 0 Å². The molecule has 1 fully saturated rings. The van der Waals surface area contributed by atoms with Crippen molar-refractivity contribution in [3.63, 3.8) is 0 Å². The van der Waals surface area contributed by atoms with Gasteiger partial charge in [0.25, 0.3) is 0 Å². The number of benzene rings is 2. The summed E-state index contributed by atoms with van der Waals surface area (Å²) in [5.41, 5.74) is 3.04. The van der Waals surface area contributed by atoms with Gasteiger partial charge in [-0.15, -0.1) is 0 Å². The molecule has 3 aromatic rings. The van der Waals surface area contributed by atoms with E-state index in [0.717, 1.165) is 31.0 Å². The van der Waals surface area contributed by atoms with Crippen LogP contribution in [0.2, 0.25) is 5.02 Å². The van der Waals surface area contributed by atoms with Crippen LogP contribution in [0.25, 0.3) is 0 Å². The predicted octanol–water partition coefficient (Wildman–Crippen LogP) is 4.00. The Labute approximate surface area is 215 Å². The van der Waals surface area contributed by atoms with E-state index >= 15 is 0 Å². The molecule has 1 aromatic heterocycles. The predicted molar refractivity (Wildman–Crippen MR) is 140 cm³/mol. The van der Waals surface area contributed by atoms with Gasteiger partial charge < -0.3 is 20.4 Å². The summed E-state index contributed by atoms with van der Waals surface area (Å²) >= 11 is 6.04. The van der Waals surface area contributed by atoms with E-state index in [2.05, 4.69) is 22.3 Å². The summed E-state index contributed by atoms with van der Waals surface area (Å²) < 4.78 is 25.9. The number of hydrogen-bond acceptors (Lipinski definition) is 8. The minimum Gasteiger partial charge on any atom is -0.393 e. The molecule has 0 saturated carbocycles. The molecule has 1 saturated heterocycles. The number of aromatic nitrogens is 2. The third-order valence-electron chi connectivity index (χ3n) is 6.91. The molecule has 5 rings (SSSR count). The fourth-order valence-corrected chi connectivity index (χ4v) is 6.67. The van der Waals surface area contributed by atoms with Gasteiger partial charge in [0.05, 0.1) is 18.1 Å². The second-order valence-corrected chi connectivity index (χ2v) is 11.8.